The van der Waals surface area contributed by atoms with E-state index in [9.17, 15) is 9.59 Å². The van der Waals surface area contributed by atoms with Crippen LogP contribution < -0.4 is 10.6 Å². The molecule has 4 nitrogen and oxygen atoms in total. The third kappa shape index (κ3) is 5.94. The normalized spacial score (nSPS) is 10.4. The first kappa shape index (κ1) is 19.1. The van der Waals surface area contributed by atoms with Crippen molar-refractivity contribution in [3.05, 3.63) is 53.6 Å². The van der Waals surface area contributed by atoms with Crippen LogP contribution in [-0.2, 0) is 9.59 Å². The summed E-state index contributed by atoms with van der Waals surface area (Å²) >= 11 is 1.45. The molecule has 5 heteroatoms. The Bertz CT molecular complexity index is 759. The summed E-state index contributed by atoms with van der Waals surface area (Å²) in [7, 11) is 0. The van der Waals surface area contributed by atoms with Crippen LogP contribution in [0.25, 0.3) is 0 Å². The van der Waals surface area contributed by atoms with Crippen molar-refractivity contribution in [1.82, 2.24) is 0 Å². The van der Waals surface area contributed by atoms with Crippen molar-refractivity contribution in [1.29, 1.82) is 0 Å². The maximum absolute atomic E-state index is 12.2. The molecule has 2 N–H and O–H groups in total. The van der Waals surface area contributed by atoms with E-state index in [1.807, 2.05) is 63.2 Å². The predicted octanol–water partition coefficient (Wildman–Crippen LogP) is 4.77. The molecule has 0 heterocycles. The molecule has 0 unspecified atom stereocenters. The van der Waals surface area contributed by atoms with E-state index < -0.39 is 0 Å². The van der Waals surface area contributed by atoms with Gasteiger partial charge in [0.1, 0.15) is 0 Å². The summed E-state index contributed by atoms with van der Waals surface area (Å²) in [6.07, 6.45) is 1.33. The fourth-order valence-corrected chi connectivity index (χ4v) is 3.09. The fraction of sp³-hybridized carbons (Fsp3) is 0.300. The third-order valence-electron chi connectivity index (χ3n) is 3.84. The summed E-state index contributed by atoms with van der Waals surface area (Å²) in [5.41, 5.74) is 3.85. The molecule has 2 amide bonds. The van der Waals surface area contributed by atoms with Crippen molar-refractivity contribution in [3.63, 3.8) is 0 Å². The van der Waals surface area contributed by atoms with E-state index in [0.717, 1.165) is 33.8 Å². The number of thioether (sulfide) groups is 1. The summed E-state index contributed by atoms with van der Waals surface area (Å²) in [5, 5.41) is 5.83. The molecular formula is C20H24N2O2S. The van der Waals surface area contributed by atoms with Crippen LogP contribution in [0.5, 0.6) is 0 Å². The highest BCUT2D eigenvalue weighted by Gasteiger charge is 2.08. The molecule has 0 radical (unpaired) electrons. The number of hydrogen-bond donors (Lipinski definition) is 2. The molecule has 0 fully saturated rings. The van der Waals surface area contributed by atoms with E-state index in [0.29, 0.717) is 12.2 Å². The van der Waals surface area contributed by atoms with Crippen molar-refractivity contribution < 1.29 is 9.59 Å². The van der Waals surface area contributed by atoms with Gasteiger partial charge in [0.25, 0.3) is 0 Å². The number of rotatable bonds is 7. The number of nitrogens with one attached hydrogen (secondary N) is 2. The molecule has 0 aliphatic rings. The largest absolute Gasteiger partial charge is 0.326 e. The predicted molar refractivity (Wildman–Crippen MR) is 105 cm³/mol. The first-order valence-corrected chi connectivity index (χ1v) is 9.37. The van der Waals surface area contributed by atoms with Crippen LogP contribution >= 0.6 is 11.8 Å². The first-order valence-electron chi connectivity index (χ1n) is 8.38. The molecule has 0 saturated heterocycles. The Kier molecular flexibility index (Phi) is 7.07. The van der Waals surface area contributed by atoms with E-state index in [4.69, 9.17) is 0 Å². The zero-order valence-electron chi connectivity index (χ0n) is 14.9. The average molecular weight is 356 g/mol. The zero-order valence-corrected chi connectivity index (χ0v) is 15.7. The molecule has 0 saturated carbocycles. The minimum Gasteiger partial charge on any atom is -0.326 e. The molecule has 0 aromatic heterocycles. The molecule has 0 bridgehead atoms. The fourth-order valence-electron chi connectivity index (χ4n) is 2.34. The van der Waals surface area contributed by atoms with Crippen LogP contribution in [0.15, 0.2) is 47.4 Å². The van der Waals surface area contributed by atoms with Gasteiger partial charge in [0.15, 0.2) is 0 Å². The third-order valence-corrected chi connectivity index (χ3v) is 4.84. The van der Waals surface area contributed by atoms with Crippen LogP contribution in [0, 0.1) is 13.8 Å². The van der Waals surface area contributed by atoms with Gasteiger partial charge in [-0.1, -0.05) is 25.1 Å². The Labute approximate surface area is 153 Å². The molecule has 0 atom stereocenters. The average Bonchev–Trinajstić information content (AvgIpc) is 2.58. The Morgan fingerprint density at radius 3 is 2.52 bits per heavy atom. The monoisotopic (exact) mass is 356 g/mol. The van der Waals surface area contributed by atoms with Crippen molar-refractivity contribution >= 4 is 35.0 Å². The number of hydrogen-bond acceptors (Lipinski definition) is 3. The number of benzene rings is 2. The molecule has 0 aliphatic carbocycles. The summed E-state index contributed by atoms with van der Waals surface area (Å²) < 4.78 is 0. The van der Waals surface area contributed by atoms with Crippen molar-refractivity contribution in [2.45, 2.75) is 38.5 Å². The van der Waals surface area contributed by atoms with Crippen LogP contribution in [0.3, 0.4) is 0 Å². The number of amides is 2. The lowest BCUT2D eigenvalue weighted by Gasteiger charge is -2.10. The Morgan fingerprint density at radius 1 is 1.00 bits per heavy atom. The lowest BCUT2D eigenvalue weighted by molar-refractivity contribution is -0.116. The zero-order chi connectivity index (χ0) is 18.2. The lowest BCUT2D eigenvalue weighted by Crippen LogP contribution is -2.15. The van der Waals surface area contributed by atoms with Crippen molar-refractivity contribution in [3.8, 4) is 0 Å². The van der Waals surface area contributed by atoms with Gasteiger partial charge in [-0.2, -0.15) is 0 Å². The maximum atomic E-state index is 12.2. The van der Waals surface area contributed by atoms with E-state index in [2.05, 4.69) is 10.6 Å². The van der Waals surface area contributed by atoms with Gasteiger partial charge in [-0.15, -0.1) is 11.8 Å². The van der Waals surface area contributed by atoms with E-state index in [1.165, 1.54) is 11.8 Å². The highest BCUT2D eigenvalue weighted by molar-refractivity contribution is 8.00. The van der Waals surface area contributed by atoms with Crippen LogP contribution in [-0.4, -0.2) is 17.6 Å². The second kappa shape index (κ2) is 9.28. The summed E-state index contributed by atoms with van der Waals surface area (Å²) in [6, 6.07) is 13.4. The second-order valence-corrected chi connectivity index (χ2v) is 6.96. The Balaban J connectivity index is 1.91. The van der Waals surface area contributed by atoms with Gasteiger partial charge in [0.05, 0.1) is 5.75 Å². The van der Waals surface area contributed by atoms with Crippen LogP contribution in [0.4, 0.5) is 11.4 Å². The number of aryl methyl sites for hydroxylation is 1. The molecule has 0 aliphatic heterocycles. The Hall–Kier alpha value is -2.27. The highest BCUT2D eigenvalue weighted by Crippen LogP contribution is 2.23. The molecule has 2 aromatic carbocycles. The SMILES string of the molecule is CCCC(=O)Nc1cccc(SCC(=O)Nc2cccc(C)c2C)c1. The lowest BCUT2D eigenvalue weighted by atomic mass is 10.1. The maximum Gasteiger partial charge on any atom is 0.234 e. The van der Waals surface area contributed by atoms with Gasteiger partial charge in [-0.25, -0.2) is 0 Å². The number of anilines is 2. The van der Waals surface area contributed by atoms with Gasteiger partial charge in [-0.3, -0.25) is 9.59 Å². The van der Waals surface area contributed by atoms with Gasteiger partial charge >= 0.3 is 0 Å². The summed E-state index contributed by atoms with van der Waals surface area (Å²) in [5.74, 6) is 0.288. The van der Waals surface area contributed by atoms with Crippen molar-refractivity contribution in [2.24, 2.45) is 0 Å². The topological polar surface area (TPSA) is 58.2 Å². The van der Waals surface area contributed by atoms with E-state index in [-0.39, 0.29) is 11.8 Å². The molecule has 132 valence electrons. The van der Waals surface area contributed by atoms with Gasteiger partial charge in [0.2, 0.25) is 11.8 Å². The standard InChI is InChI=1S/C20H24N2O2S/c1-4-7-19(23)21-16-9-6-10-17(12-16)25-13-20(24)22-18-11-5-8-14(2)15(18)3/h5-6,8-12H,4,7,13H2,1-3H3,(H,21,23)(H,22,24). The van der Waals surface area contributed by atoms with Gasteiger partial charge in [0, 0.05) is 22.7 Å². The van der Waals surface area contributed by atoms with Crippen LogP contribution in [0.1, 0.15) is 30.9 Å². The summed E-state index contributed by atoms with van der Waals surface area (Å²) in [6.45, 7) is 6.00. The Morgan fingerprint density at radius 2 is 1.76 bits per heavy atom. The van der Waals surface area contributed by atoms with Gasteiger partial charge < -0.3 is 10.6 Å². The summed E-state index contributed by atoms with van der Waals surface area (Å²) in [4.78, 5) is 24.8. The molecule has 0 spiro atoms. The molecule has 2 aromatic rings. The van der Waals surface area contributed by atoms with Crippen LogP contribution in [0.2, 0.25) is 0 Å². The highest BCUT2D eigenvalue weighted by atomic mass is 32.2. The first-order chi connectivity index (χ1) is 12.0. The number of carbonyl (C=O) groups is 2. The van der Waals surface area contributed by atoms with Gasteiger partial charge in [-0.05, 0) is 55.7 Å². The smallest absolute Gasteiger partial charge is 0.234 e. The minimum absolute atomic E-state index is 0.0114. The second-order valence-electron chi connectivity index (χ2n) is 5.91. The van der Waals surface area contributed by atoms with Crippen molar-refractivity contribution in [2.75, 3.05) is 16.4 Å². The molecule has 2 rings (SSSR count). The van der Waals surface area contributed by atoms with E-state index >= 15 is 0 Å². The molecular weight excluding hydrogens is 332 g/mol. The molecule has 25 heavy (non-hydrogen) atoms. The number of carbonyl (C=O) groups excluding carboxylic acids is 2. The minimum atomic E-state index is -0.0425. The quantitative estimate of drug-likeness (QED) is 0.702. The van der Waals surface area contributed by atoms with E-state index in [1.54, 1.807) is 0 Å².